The average Bonchev–Trinajstić information content (AvgIpc) is 3.45. The van der Waals surface area contributed by atoms with Gasteiger partial charge < -0.3 is 20.3 Å². The Morgan fingerprint density at radius 2 is 1.71 bits per heavy atom. The lowest BCUT2D eigenvalue weighted by Crippen LogP contribution is -2.61. The zero-order valence-electron chi connectivity index (χ0n) is 28.4. The number of hydrogen-bond donors (Lipinski definition) is 4. The number of aromatic nitrogens is 1. The molecule has 7 rings (SSSR count). The topological polar surface area (TPSA) is 93.5 Å². The van der Waals surface area contributed by atoms with E-state index in [1.54, 1.807) is 6.07 Å². The number of benzene rings is 2. The third kappa shape index (κ3) is 4.64. The molecule has 244 valence electrons. The number of rotatable bonds is 1. The molecule has 3 saturated carbocycles. The maximum absolute atomic E-state index is 14.8. The van der Waals surface area contributed by atoms with Crippen LogP contribution in [0.5, 0.6) is 11.5 Å². The van der Waals surface area contributed by atoms with Crippen molar-refractivity contribution in [1.82, 2.24) is 4.98 Å². The first-order valence-electron chi connectivity index (χ1n) is 16.9. The fraction of sp³-hybridized carbons (Fsp3) is 0.564. The second kappa shape index (κ2) is 11.5. The molecular formula is C39H52FNO4. The lowest BCUT2D eigenvalue weighted by Gasteiger charge is -2.69. The maximum atomic E-state index is 14.8. The largest absolute Gasteiger partial charge is 0.504 e. The van der Waals surface area contributed by atoms with E-state index < -0.39 is 0 Å². The number of nitrogens with one attached hydrogen (secondary N) is 1. The van der Waals surface area contributed by atoms with Gasteiger partial charge in [-0.05, 0) is 108 Å². The second-order valence-corrected chi connectivity index (χ2v) is 15.1. The molecule has 0 amide bonds. The molecule has 6 heteroatoms. The molecule has 3 aromatic rings. The molecule has 7 atom stereocenters. The van der Waals surface area contributed by atoms with Crippen LogP contribution in [0.2, 0.25) is 0 Å². The Bertz CT molecular complexity index is 1640. The van der Waals surface area contributed by atoms with E-state index in [9.17, 15) is 14.6 Å². The summed E-state index contributed by atoms with van der Waals surface area (Å²) in [6.45, 7) is 18.2. The molecule has 0 radical (unpaired) electrons. The van der Waals surface area contributed by atoms with Crippen molar-refractivity contribution in [3.63, 3.8) is 0 Å². The first kappa shape index (κ1) is 33.1. The number of phenols is 2. The van der Waals surface area contributed by atoms with E-state index in [0.29, 0.717) is 16.8 Å². The number of aromatic amines is 1. The highest BCUT2D eigenvalue weighted by Crippen LogP contribution is 2.74. The number of para-hydroxylation sites is 1. The first-order valence-corrected chi connectivity index (χ1v) is 16.9. The van der Waals surface area contributed by atoms with E-state index in [2.05, 4.69) is 45.7 Å². The summed E-state index contributed by atoms with van der Waals surface area (Å²) in [5.74, 6) is 0.966. The predicted molar refractivity (Wildman–Crippen MR) is 179 cm³/mol. The number of halogens is 1. The van der Waals surface area contributed by atoms with Crippen molar-refractivity contribution in [2.45, 2.75) is 112 Å². The Morgan fingerprint density at radius 3 is 2.40 bits per heavy atom. The summed E-state index contributed by atoms with van der Waals surface area (Å²) in [6, 6.07) is 7.12. The van der Waals surface area contributed by atoms with Crippen LogP contribution in [0.4, 0.5) is 4.39 Å². The van der Waals surface area contributed by atoms with Crippen molar-refractivity contribution in [3.8, 4) is 11.5 Å². The number of fused-ring (bicyclic) bond motifs is 8. The van der Waals surface area contributed by atoms with Crippen molar-refractivity contribution < 1.29 is 24.5 Å². The first-order chi connectivity index (χ1) is 21.3. The van der Waals surface area contributed by atoms with Crippen LogP contribution in [0, 0.1) is 40.8 Å². The predicted octanol–water partition coefficient (Wildman–Crippen LogP) is 10.1. The van der Waals surface area contributed by atoms with Gasteiger partial charge in [-0.1, -0.05) is 78.7 Å². The van der Waals surface area contributed by atoms with Crippen molar-refractivity contribution in [2.75, 3.05) is 0 Å². The summed E-state index contributed by atoms with van der Waals surface area (Å²) < 4.78 is 14.8. The molecule has 4 N–H and O–H groups in total. The minimum absolute atomic E-state index is 0.00987. The van der Waals surface area contributed by atoms with Gasteiger partial charge >= 0.3 is 0 Å². The normalized spacial score (nSPS) is 34.8. The lowest BCUT2D eigenvalue weighted by atomic mass is 9.35. The van der Waals surface area contributed by atoms with E-state index in [1.807, 2.05) is 39.1 Å². The molecule has 0 aliphatic heterocycles. The molecule has 4 aliphatic carbocycles. The van der Waals surface area contributed by atoms with E-state index in [1.165, 1.54) is 43.7 Å². The average molecular weight is 618 g/mol. The van der Waals surface area contributed by atoms with E-state index in [-0.39, 0.29) is 46.0 Å². The molecule has 0 bridgehead atoms. The molecule has 0 saturated heterocycles. The number of carbonyl (C=O) groups is 1. The lowest BCUT2D eigenvalue weighted by molar-refractivity contribution is -0.145. The summed E-state index contributed by atoms with van der Waals surface area (Å²) >= 11 is 0. The van der Waals surface area contributed by atoms with Crippen LogP contribution in [0.15, 0.2) is 42.1 Å². The molecule has 1 heterocycles. The van der Waals surface area contributed by atoms with Gasteiger partial charge in [-0.25, -0.2) is 4.39 Å². The molecule has 6 unspecified atom stereocenters. The molecule has 2 aromatic carbocycles. The Hall–Kier alpha value is -3.28. The fourth-order valence-electron chi connectivity index (χ4n) is 10.4. The van der Waals surface area contributed by atoms with Gasteiger partial charge in [0.15, 0.2) is 11.5 Å². The third-order valence-electron chi connectivity index (χ3n) is 13.1. The summed E-state index contributed by atoms with van der Waals surface area (Å²) in [5, 5.41) is 29.6. The quantitative estimate of drug-likeness (QED) is 0.124. The number of carboxylic acid groups (broad SMARTS) is 1. The van der Waals surface area contributed by atoms with Crippen LogP contribution in [0.25, 0.3) is 10.9 Å². The highest BCUT2D eigenvalue weighted by atomic mass is 19.1. The highest BCUT2D eigenvalue weighted by Gasteiger charge is 2.65. The zero-order chi connectivity index (χ0) is 33.1. The van der Waals surface area contributed by atoms with E-state index >= 15 is 0 Å². The smallest absolute Gasteiger partial charge is 0.290 e. The monoisotopic (exact) mass is 617 g/mol. The Kier molecular flexibility index (Phi) is 8.46. The van der Waals surface area contributed by atoms with Crippen molar-refractivity contribution >= 4 is 17.4 Å². The number of aromatic hydroxyl groups is 2. The molecule has 1 aromatic heterocycles. The van der Waals surface area contributed by atoms with E-state index in [4.69, 9.17) is 9.90 Å². The van der Waals surface area contributed by atoms with Gasteiger partial charge in [0.25, 0.3) is 6.47 Å². The summed E-state index contributed by atoms with van der Waals surface area (Å²) in [6.07, 6.45) is 13.0. The van der Waals surface area contributed by atoms with Gasteiger partial charge in [-0.3, -0.25) is 4.79 Å². The van der Waals surface area contributed by atoms with Crippen LogP contribution < -0.4 is 0 Å². The molecule has 5 nitrogen and oxygen atoms in total. The summed E-state index contributed by atoms with van der Waals surface area (Å²) in [5.41, 5.74) is 6.31. The standard InChI is InChI=1S/C36H44FNO2.C2H6.CH2O2/c1-20-10-11-33(3)12-14-36(6)29-17-23(24-19-38-31-22(24)8-7-9-26(31)37)30-21(2)32(40)27(39)18-25(30)34(29,4)13-15-35(36,5)28(33)16-20;1-2;2-1-3/h7-9,17-20,23,28,38-40H,10-16H2,1-6H3;1-2H3;1H,(H,2,3)/t20?,23?,28?,33?,34?,35-,36?;;/m0../s1. The Morgan fingerprint density at radius 1 is 1.02 bits per heavy atom. The molecule has 0 spiro atoms. The molecule has 45 heavy (non-hydrogen) atoms. The maximum Gasteiger partial charge on any atom is 0.290 e. The van der Waals surface area contributed by atoms with E-state index in [0.717, 1.165) is 46.4 Å². The van der Waals surface area contributed by atoms with Crippen LogP contribution in [0.1, 0.15) is 122 Å². The summed E-state index contributed by atoms with van der Waals surface area (Å²) in [7, 11) is 0. The van der Waals surface area contributed by atoms with Crippen molar-refractivity contribution in [1.29, 1.82) is 0 Å². The number of phenolic OH excluding ortho intramolecular Hbond substituents is 2. The Labute approximate surface area is 268 Å². The van der Waals surface area contributed by atoms with Gasteiger partial charge in [-0.2, -0.15) is 0 Å². The minimum atomic E-state index is -0.252. The molecular weight excluding hydrogens is 565 g/mol. The summed E-state index contributed by atoms with van der Waals surface area (Å²) in [4.78, 5) is 11.6. The van der Waals surface area contributed by atoms with Crippen LogP contribution in [-0.2, 0) is 10.2 Å². The molecule has 4 aliphatic rings. The number of H-pyrrole nitrogens is 1. The minimum Gasteiger partial charge on any atom is -0.504 e. The molecule has 3 fully saturated rings. The van der Waals surface area contributed by atoms with Crippen LogP contribution in [0.3, 0.4) is 0 Å². The Balaban J connectivity index is 0.000000757. The van der Waals surface area contributed by atoms with Crippen LogP contribution in [-0.4, -0.2) is 26.8 Å². The van der Waals surface area contributed by atoms with Crippen LogP contribution >= 0.6 is 0 Å². The van der Waals surface area contributed by atoms with Gasteiger partial charge in [0, 0.05) is 22.9 Å². The second-order valence-electron chi connectivity index (χ2n) is 15.1. The van der Waals surface area contributed by atoms with Crippen molar-refractivity contribution in [2.24, 2.45) is 28.1 Å². The van der Waals surface area contributed by atoms with Gasteiger partial charge in [0.1, 0.15) is 5.82 Å². The zero-order valence-corrected chi connectivity index (χ0v) is 28.4. The van der Waals surface area contributed by atoms with Gasteiger partial charge in [0.2, 0.25) is 0 Å². The number of allylic oxidation sites excluding steroid dienone is 2. The fourth-order valence-corrected chi connectivity index (χ4v) is 10.4. The SMILES string of the molecule is CC.Cc1c(O)c(O)cc2c1C(c1c[nH]c3c(F)cccc13)C=C1C2(C)CC[C@@]2(C)C3CC(C)CCC3(C)CCC12C.O=CO. The van der Waals surface area contributed by atoms with Crippen molar-refractivity contribution in [3.05, 3.63) is 70.2 Å². The highest BCUT2D eigenvalue weighted by molar-refractivity contribution is 5.86. The third-order valence-corrected chi connectivity index (χ3v) is 13.1. The van der Waals surface area contributed by atoms with Gasteiger partial charge in [0.05, 0.1) is 5.52 Å². The number of hydrogen-bond acceptors (Lipinski definition) is 3. The van der Waals surface area contributed by atoms with Gasteiger partial charge in [-0.15, -0.1) is 0 Å².